The highest BCUT2D eigenvalue weighted by Crippen LogP contribution is 2.51. The van der Waals surface area contributed by atoms with E-state index in [4.69, 9.17) is 133 Å². The lowest BCUT2D eigenvalue weighted by Crippen LogP contribution is -2.20. The SMILES string of the molecule is COc1cc(CC[C@@H](Cc2cc(OC)c(OC)c(OC)c2)[C@H](Cc2cc(OC)c(OC)c(OC)c2)c2ccc(CCc3cc(OC)c(OC)c(OC)c3)c(OC)c2)ccc1CCc1cc(OC)c(OC)c(OC)c1.COc1cc(CC[C@H](Cc2cc(OC)c(OC)c(OC)c2)[C@@H](Cc2cc(OC)c(OC)c(OC)c2)c2ccc(CCc3cc(OC)c(OC)c(OC)c3)c(OC)c2)ccc1CCc1cc(OC)c(OC)c(OC)c1. The molecule has 0 N–H and O–H groups in total. The second kappa shape index (κ2) is 56.1. The van der Waals surface area contributed by atoms with Crippen molar-refractivity contribution in [2.75, 3.05) is 199 Å². The summed E-state index contributed by atoms with van der Waals surface area (Å²) in [6.07, 6.45) is 11.5. The zero-order valence-corrected chi connectivity index (χ0v) is 91.2. The number of rotatable bonds is 58. The Morgan fingerprint density at radius 3 is 0.466 bits per heavy atom. The molecular formula is C120H148O28. The predicted octanol–water partition coefficient (Wildman–Crippen LogP) is 22.4. The largest absolute Gasteiger partial charge is 0.496 e. The van der Waals surface area contributed by atoms with Crippen LogP contribution in [0.15, 0.2) is 170 Å². The minimum Gasteiger partial charge on any atom is -0.496 e. The van der Waals surface area contributed by atoms with Crippen LogP contribution >= 0.6 is 0 Å². The number of methoxy groups -OCH3 is 28. The number of aryl methyl sites for hydroxylation is 10. The van der Waals surface area contributed by atoms with E-state index in [9.17, 15) is 0 Å². The van der Waals surface area contributed by atoms with Crippen LogP contribution in [0.3, 0.4) is 0 Å². The Hall–Kier alpha value is -15.0. The Bertz CT molecular complexity index is 5750. The molecule has 0 saturated carbocycles. The molecule has 28 heteroatoms. The van der Waals surface area contributed by atoms with E-state index in [1.165, 1.54) is 0 Å². The molecule has 4 atom stereocenters. The molecule has 0 heterocycles. The van der Waals surface area contributed by atoms with E-state index in [2.05, 4.69) is 72.8 Å². The average Bonchev–Trinajstić information content (AvgIpc) is 0.787. The smallest absolute Gasteiger partial charge is 0.203 e. The van der Waals surface area contributed by atoms with E-state index < -0.39 is 0 Å². The molecule has 0 fully saturated rings. The number of benzene rings is 12. The van der Waals surface area contributed by atoms with Crippen molar-refractivity contribution in [3.05, 3.63) is 259 Å². The Morgan fingerprint density at radius 2 is 0.291 bits per heavy atom. The molecule has 12 aromatic rings. The lowest BCUT2D eigenvalue weighted by Gasteiger charge is -2.30. The van der Waals surface area contributed by atoms with Crippen LogP contribution in [-0.4, -0.2) is 199 Å². The maximum absolute atomic E-state index is 6.23. The first kappa shape index (κ1) is 113. The van der Waals surface area contributed by atoms with E-state index in [0.29, 0.717) is 189 Å². The summed E-state index contributed by atoms with van der Waals surface area (Å²) in [4.78, 5) is 0. The molecule has 0 aliphatic carbocycles. The molecule has 0 aliphatic rings. The van der Waals surface area contributed by atoms with Crippen LogP contribution < -0.4 is 133 Å². The van der Waals surface area contributed by atoms with Crippen molar-refractivity contribution in [2.45, 2.75) is 115 Å². The fraction of sp³-hybridized carbons (Fsp3) is 0.400. The van der Waals surface area contributed by atoms with Crippen LogP contribution in [0.25, 0.3) is 0 Å². The molecule has 0 aliphatic heterocycles. The first-order valence-electron chi connectivity index (χ1n) is 49.0. The molecule has 0 bridgehead atoms. The molecule has 0 radical (unpaired) electrons. The van der Waals surface area contributed by atoms with Gasteiger partial charge in [-0.15, -0.1) is 0 Å². The summed E-state index contributed by atoms with van der Waals surface area (Å²) < 4.78 is 162. The van der Waals surface area contributed by atoms with Gasteiger partial charge in [0.15, 0.2) is 92.0 Å². The first-order valence-corrected chi connectivity index (χ1v) is 49.0. The van der Waals surface area contributed by atoms with Gasteiger partial charge in [0, 0.05) is 0 Å². The summed E-state index contributed by atoms with van der Waals surface area (Å²) >= 11 is 0. The van der Waals surface area contributed by atoms with Gasteiger partial charge in [0.25, 0.3) is 0 Å². The lowest BCUT2D eigenvalue weighted by molar-refractivity contribution is 0.321. The highest BCUT2D eigenvalue weighted by molar-refractivity contribution is 5.62. The van der Waals surface area contributed by atoms with Gasteiger partial charge in [0.2, 0.25) is 46.0 Å². The van der Waals surface area contributed by atoms with Crippen molar-refractivity contribution in [1.29, 1.82) is 0 Å². The van der Waals surface area contributed by atoms with Gasteiger partial charge in [0.1, 0.15) is 23.0 Å². The van der Waals surface area contributed by atoms with Crippen molar-refractivity contribution in [3.8, 4) is 161 Å². The fourth-order valence-electron chi connectivity index (χ4n) is 19.8. The maximum atomic E-state index is 6.23. The molecule has 12 rings (SSSR count). The van der Waals surface area contributed by atoms with Gasteiger partial charge in [-0.25, -0.2) is 0 Å². The summed E-state index contributed by atoms with van der Waals surface area (Å²) in [5.41, 5.74) is 17.2. The molecule has 0 saturated heterocycles. The Labute approximate surface area is 873 Å². The topological polar surface area (TPSA) is 258 Å². The van der Waals surface area contributed by atoms with E-state index in [0.717, 1.165) is 163 Å². The molecule has 0 amide bonds. The van der Waals surface area contributed by atoms with E-state index in [1.807, 2.05) is 97.1 Å². The van der Waals surface area contributed by atoms with Gasteiger partial charge < -0.3 is 133 Å². The van der Waals surface area contributed by atoms with Gasteiger partial charge in [-0.3, -0.25) is 0 Å². The Balaban J connectivity index is 0.000000281. The molecule has 796 valence electrons. The number of hydrogen-bond acceptors (Lipinski definition) is 28. The quantitative estimate of drug-likeness (QED) is 0.0343. The van der Waals surface area contributed by atoms with Gasteiger partial charge >= 0.3 is 0 Å². The molecule has 0 aromatic heterocycles. The average molecular weight is 2040 g/mol. The monoisotopic (exact) mass is 2040 g/mol. The molecular weight excluding hydrogens is 1890 g/mol. The molecule has 28 nitrogen and oxygen atoms in total. The molecule has 0 unspecified atom stereocenters. The molecule has 0 spiro atoms. The van der Waals surface area contributed by atoms with Gasteiger partial charge in [-0.05, 0) is 337 Å². The third kappa shape index (κ3) is 27.7. The summed E-state index contributed by atoms with van der Waals surface area (Å²) in [5, 5.41) is 0. The van der Waals surface area contributed by atoms with Crippen LogP contribution in [-0.2, 0) is 89.9 Å². The Kier molecular flexibility index (Phi) is 43.0. The van der Waals surface area contributed by atoms with Crippen molar-refractivity contribution in [2.24, 2.45) is 11.8 Å². The molecule has 12 aromatic carbocycles. The minimum absolute atomic E-state index is 0.0392. The maximum Gasteiger partial charge on any atom is 0.203 e. The van der Waals surface area contributed by atoms with Crippen LogP contribution in [0, 0.1) is 11.8 Å². The van der Waals surface area contributed by atoms with Crippen LogP contribution in [0.4, 0.5) is 0 Å². The van der Waals surface area contributed by atoms with Crippen molar-refractivity contribution >= 4 is 0 Å². The summed E-state index contributed by atoms with van der Waals surface area (Å²) in [5.74, 6) is 17.2. The van der Waals surface area contributed by atoms with Gasteiger partial charge in [0.05, 0.1) is 199 Å². The summed E-state index contributed by atoms with van der Waals surface area (Å²) in [6, 6.07) is 58.6. The van der Waals surface area contributed by atoms with Crippen LogP contribution in [0.1, 0.15) is 114 Å². The predicted molar refractivity (Wildman–Crippen MR) is 574 cm³/mol. The fourth-order valence-corrected chi connectivity index (χ4v) is 19.8. The minimum atomic E-state index is -0.0605. The highest BCUT2D eigenvalue weighted by atomic mass is 16.6. The van der Waals surface area contributed by atoms with Gasteiger partial charge in [-0.2, -0.15) is 0 Å². The Morgan fingerprint density at radius 1 is 0.135 bits per heavy atom. The normalized spacial score (nSPS) is 11.7. The molecule has 148 heavy (non-hydrogen) atoms. The van der Waals surface area contributed by atoms with E-state index >= 15 is 0 Å². The first-order chi connectivity index (χ1) is 72.0. The van der Waals surface area contributed by atoms with Crippen molar-refractivity contribution in [3.63, 3.8) is 0 Å². The second-order valence-electron chi connectivity index (χ2n) is 35.3. The van der Waals surface area contributed by atoms with Crippen LogP contribution in [0.5, 0.6) is 161 Å². The van der Waals surface area contributed by atoms with Crippen molar-refractivity contribution < 1.29 is 133 Å². The van der Waals surface area contributed by atoms with E-state index in [-0.39, 0.29) is 23.7 Å². The lowest BCUT2D eigenvalue weighted by atomic mass is 9.75. The van der Waals surface area contributed by atoms with Crippen molar-refractivity contribution in [1.82, 2.24) is 0 Å². The highest BCUT2D eigenvalue weighted by Gasteiger charge is 2.33. The van der Waals surface area contributed by atoms with Crippen LogP contribution in [0.2, 0.25) is 0 Å². The summed E-state index contributed by atoms with van der Waals surface area (Å²) in [6.45, 7) is 0. The zero-order valence-electron chi connectivity index (χ0n) is 91.2. The standard InChI is InChI=1S/2C60H74O14/c2*1-61-47-27-37(15-19-42(47)20-17-38-28-49(63-3)57(71-11)50(29-38)64-4)16-22-44(25-40-32-53(67-7)59(73-13)54(33-40)68-8)46(26-41-34-55(69-9)60(74-14)56(35-41)70-10)45-24-23-43(48(36-45)62-2)21-18-39-30-51(65-5)58(72-12)52(31-39)66-6/h2*15,19,23-24,27-36,44,46H,16-18,20-22,25-26H2,1-14H3/t2*44-,46-/m10/s1. The zero-order chi connectivity index (χ0) is 107. The summed E-state index contributed by atoms with van der Waals surface area (Å²) in [7, 11) is 45.9. The third-order valence-corrected chi connectivity index (χ3v) is 27.4. The third-order valence-electron chi connectivity index (χ3n) is 27.4. The number of hydrogen-bond donors (Lipinski definition) is 0. The van der Waals surface area contributed by atoms with E-state index in [1.54, 1.807) is 199 Å². The second-order valence-corrected chi connectivity index (χ2v) is 35.3. The number of ether oxygens (including phenoxy) is 28. The van der Waals surface area contributed by atoms with Gasteiger partial charge in [-0.1, -0.05) is 48.5 Å².